The van der Waals surface area contributed by atoms with Gasteiger partial charge in [-0.1, -0.05) is 26.0 Å². The van der Waals surface area contributed by atoms with Gasteiger partial charge in [0.25, 0.3) is 0 Å². The van der Waals surface area contributed by atoms with E-state index in [0.717, 1.165) is 29.9 Å². The van der Waals surface area contributed by atoms with Gasteiger partial charge in [0, 0.05) is 18.0 Å². The zero-order chi connectivity index (χ0) is 16.7. The second-order valence-corrected chi connectivity index (χ2v) is 6.45. The van der Waals surface area contributed by atoms with Crippen LogP contribution in [0.15, 0.2) is 62.1 Å². The standard InChI is InChI=1S/C19H21FN4/c1-3-12(4-2)18-23-15-9-10-21-16-7-5-6-13-14(20)8-11-22-19(13,16)17(15)24-18/h6-12,18,23H,3-5H2,1-2H3. The van der Waals surface area contributed by atoms with Crippen LogP contribution in [0, 0.1) is 5.92 Å². The highest BCUT2D eigenvalue weighted by Gasteiger charge is 2.51. The normalized spacial score (nSPS) is 30.2. The van der Waals surface area contributed by atoms with Gasteiger partial charge in [-0.25, -0.2) is 4.39 Å². The fourth-order valence-corrected chi connectivity index (χ4v) is 3.92. The second kappa shape index (κ2) is 5.65. The Morgan fingerprint density at radius 1 is 1.25 bits per heavy atom. The van der Waals surface area contributed by atoms with Crippen LogP contribution in [-0.2, 0) is 0 Å². The lowest BCUT2D eigenvalue weighted by molar-refractivity contribution is 0.378. The molecule has 0 amide bonds. The first-order valence-corrected chi connectivity index (χ1v) is 8.62. The molecule has 124 valence electrons. The quantitative estimate of drug-likeness (QED) is 0.846. The first-order chi connectivity index (χ1) is 11.7. The number of hydrogen-bond acceptors (Lipinski definition) is 4. The number of allylic oxidation sites excluding steroid dienone is 4. The van der Waals surface area contributed by atoms with Crippen molar-refractivity contribution >= 4 is 18.1 Å². The number of fused-ring (bicyclic) bond motifs is 1. The Balaban J connectivity index is 1.88. The highest BCUT2D eigenvalue weighted by Crippen LogP contribution is 2.45. The van der Waals surface area contributed by atoms with Crippen LogP contribution in [0.4, 0.5) is 4.39 Å². The molecule has 0 saturated carbocycles. The van der Waals surface area contributed by atoms with E-state index in [1.807, 2.05) is 18.2 Å². The maximum absolute atomic E-state index is 14.6. The van der Waals surface area contributed by atoms with Crippen molar-refractivity contribution in [2.24, 2.45) is 20.9 Å². The smallest absolute Gasteiger partial charge is 0.173 e. The summed E-state index contributed by atoms with van der Waals surface area (Å²) in [6.07, 6.45) is 13.3. The van der Waals surface area contributed by atoms with E-state index in [0.29, 0.717) is 17.9 Å². The molecule has 0 aromatic rings. The lowest BCUT2D eigenvalue weighted by atomic mass is 9.76. The molecule has 3 heterocycles. The van der Waals surface area contributed by atoms with Crippen molar-refractivity contribution < 1.29 is 4.39 Å². The maximum atomic E-state index is 14.6. The third-order valence-corrected chi connectivity index (χ3v) is 5.26. The molecule has 1 N–H and O–H groups in total. The van der Waals surface area contributed by atoms with Crippen LogP contribution in [0.3, 0.4) is 0 Å². The van der Waals surface area contributed by atoms with Crippen molar-refractivity contribution in [1.29, 1.82) is 0 Å². The molecule has 24 heavy (non-hydrogen) atoms. The minimum absolute atomic E-state index is 0.00992. The minimum Gasteiger partial charge on any atom is -0.362 e. The SMILES string of the molecule is CCC(CC)C1N=C2C(=CC=NC3=CCC=C4C(F)=CC=NC342)N1. The van der Waals surface area contributed by atoms with E-state index < -0.39 is 5.54 Å². The number of nitrogens with zero attached hydrogens (tertiary/aromatic N) is 3. The van der Waals surface area contributed by atoms with Crippen molar-refractivity contribution in [2.45, 2.75) is 44.8 Å². The number of aliphatic imine (C=N–C) groups is 3. The minimum atomic E-state index is -0.941. The summed E-state index contributed by atoms with van der Waals surface area (Å²) in [5.74, 6) is 0.191. The highest BCUT2D eigenvalue weighted by molar-refractivity contribution is 6.17. The summed E-state index contributed by atoms with van der Waals surface area (Å²) in [4.78, 5) is 14.2. The van der Waals surface area contributed by atoms with Crippen molar-refractivity contribution in [1.82, 2.24) is 5.32 Å². The molecular weight excluding hydrogens is 303 g/mol. The van der Waals surface area contributed by atoms with E-state index in [4.69, 9.17) is 9.98 Å². The molecule has 2 atom stereocenters. The van der Waals surface area contributed by atoms with Gasteiger partial charge < -0.3 is 5.32 Å². The van der Waals surface area contributed by atoms with Gasteiger partial charge in [0.05, 0.1) is 17.1 Å². The summed E-state index contributed by atoms with van der Waals surface area (Å²) >= 11 is 0. The van der Waals surface area contributed by atoms with Crippen LogP contribution in [0.5, 0.6) is 0 Å². The van der Waals surface area contributed by atoms with Crippen LogP contribution in [0.2, 0.25) is 0 Å². The van der Waals surface area contributed by atoms with Gasteiger partial charge in [-0.3, -0.25) is 15.0 Å². The van der Waals surface area contributed by atoms with Gasteiger partial charge in [-0.15, -0.1) is 0 Å². The molecular formula is C19H21FN4. The Morgan fingerprint density at radius 3 is 2.88 bits per heavy atom. The lowest BCUT2D eigenvalue weighted by Gasteiger charge is -2.35. The van der Waals surface area contributed by atoms with Crippen LogP contribution in [0.25, 0.3) is 0 Å². The molecule has 4 aliphatic rings. The average Bonchev–Trinajstić information content (AvgIpc) is 2.95. The van der Waals surface area contributed by atoms with Gasteiger partial charge in [-0.05, 0) is 37.3 Å². The van der Waals surface area contributed by atoms with Crippen molar-refractivity contribution in [2.75, 3.05) is 0 Å². The third-order valence-electron chi connectivity index (χ3n) is 5.26. The molecule has 0 aromatic carbocycles. The van der Waals surface area contributed by atoms with E-state index in [-0.39, 0.29) is 12.0 Å². The Labute approximate surface area is 141 Å². The van der Waals surface area contributed by atoms with Crippen molar-refractivity contribution in [3.63, 3.8) is 0 Å². The van der Waals surface area contributed by atoms with E-state index in [1.165, 1.54) is 12.3 Å². The highest BCUT2D eigenvalue weighted by atomic mass is 19.1. The molecule has 0 radical (unpaired) electrons. The molecule has 4 rings (SSSR count). The summed E-state index contributed by atoms with van der Waals surface area (Å²) < 4.78 is 14.6. The molecule has 1 spiro atoms. The second-order valence-electron chi connectivity index (χ2n) is 6.45. The van der Waals surface area contributed by atoms with Gasteiger partial charge >= 0.3 is 0 Å². The molecule has 2 unspecified atom stereocenters. The topological polar surface area (TPSA) is 49.1 Å². The molecule has 0 saturated heterocycles. The van der Waals surface area contributed by atoms with E-state index in [2.05, 4.69) is 24.2 Å². The molecule has 3 aliphatic heterocycles. The first kappa shape index (κ1) is 15.2. The molecule has 0 bridgehead atoms. The summed E-state index contributed by atoms with van der Waals surface area (Å²) in [6.45, 7) is 4.35. The molecule has 0 fully saturated rings. The predicted molar refractivity (Wildman–Crippen MR) is 96.2 cm³/mol. The Hall–Kier alpha value is -2.30. The molecule has 4 nitrogen and oxygen atoms in total. The first-order valence-electron chi connectivity index (χ1n) is 8.62. The fraction of sp³-hybridized carbons (Fsp3) is 0.421. The van der Waals surface area contributed by atoms with Gasteiger partial charge in [0.15, 0.2) is 5.54 Å². The summed E-state index contributed by atoms with van der Waals surface area (Å²) in [5, 5.41) is 3.51. The number of nitrogens with one attached hydrogen (secondary N) is 1. The molecule has 0 aromatic heterocycles. The van der Waals surface area contributed by atoms with E-state index in [1.54, 1.807) is 6.21 Å². The van der Waals surface area contributed by atoms with E-state index in [9.17, 15) is 4.39 Å². The van der Waals surface area contributed by atoms with Crippen molar-refractivity contribution in [3.8, 4) is 0 Å². The Kier molecular flexibility index (Phi) is 3.59. The van der Waals surface area contributed by atoms with Crippen LogP contribution in [0.1, 0.15) is 33.1 Å². The van der Waals surface area contributed by atoms with Crippen LogP contribution < -0.4 is 5.32 Å². The van der Waals surface area contributed by atoms with Crippen LogP contribution in [-0.4, -0.2) is 29.8 Å². The maximum Gasteiger partial charge on any atom is 0.173 e. The predicted octanol–water partition coefficient (Wildman–Crippen LogP) is 3.65. The molecule has 5 heteroatoms. The largest absolute Gasteiger partial charge is 0.362 e. The number of rotatable bonds is 3. The van der Waals surface area contributed by atoms with E-state index >= 15 is 0 Å². The summed E-state index contributed by atoms with van der Waals surface area (Å²) in [6, 6.07) is 0. The monoisotopic (exact) mass is 324 g/mol. The Bertz CT molecular complexity index is 777. The fourth-order valence-electron chi connectivity index (χ4n) is 3.92. The van der Waals surface area contributed by atoms with Crippen molar-refractivity contribution in [3.05, 3.63) is 47.1 Å². The number of halogens is 1. The van der Waals surface area contributed by atoms with Crippen LogP contribution >= 0.6 is 0 Å². The van der Waals surface area contributed by atoms with Gasteiger partial charge in [0.2, 0.25) is 0 Å². The zero-order valence-corrected chi connectivity index (χ0v) is 14.0. The lowest BCUT2D eigenvalue weighted by Crippen LogP contribution is -2.43. The summed E-state index contributed by atoms with van der Waals surface area (Å²) in [5.41, 5.74) is 2.07. The van der Waals surface area contributed by atoms with Gasteiger partial charge in [-0.2, -0.15) is 0 Å². The average molecular weight is 324 g/mol. The number of dihydropyridines is 1. The third kappa shape index (κ3) is 2.00. The zero-order valence-electron chi connectivity index (χ0n) is 14.0. The molecule has 1 aliphatic carbocycles. The summed E-state index contributed by atoms with van der Waals surface area (Å²) in [7, 11) is 0. The van der Waals surface area contributed by atoms with Gasteiger partial charge in [0.1, 0.15) is 12.0 Å². The Morgan fingerprint density at radius 2 is 2.08 bits per heavy atom. The number of hydrogen-bond donors (Lipinski definition) is 1.